The van der Waals surface area contributed by atoms with Crippen LogP contribution >= 0.6 is 0 Å². The summed E-state index contributed by atoms with van der Waals surface area (Å²) in [5.74, 6) is -0.000346. The highest BCUT2D eigenvalue weighted by atomic mass is 16.6. The van der Waals surface area contributed by atoms with Crippen LogP contribution in [0.25, 0.3) is 0 Å². The third kappa shape index (κ3) is 5.64. The summed E-state index contributed by atoms with van der Waals surface area (Å²) in [5, 5.41) is 0. The van der Waals surface area contributed by atoms with Crippen LogP contribution in [0.1, 0.15) is 93.4 Å². The second-order valence-corrected chi connectivity index (χ2v) is 9.07. The van der Waals surface area contributed by atoms with Gasteiger partial charge in [0, 0.05) is 0 Å². The number of carbonyl (C=O) groups is 1. The minimum absolute atomic E-state index is 0.0217. The molecule has 1 fully saturated rings. The third-order valence-corrected chi connectivity index (χ3v) is 5.30. The molecule has 1 atom stereocenters. The smallest absolute Gasteiger partial charge is 0.310 e. The van der Waals surface area contributed by atoms with Crippen LogP contribution in [0, 0.1) is 16.7 Å². The van der Waals surface area contributed by atoms with Gasteiger partial charge in [0.1, 0.15) is 5.60 Å². The van der Waals surface area contributed by atoms with Crippen molar-refractivity contribution < 1.29 is 9.53 Å². The summed E-state index contributed by atoms with van der Waals surface area (Å²) in [6.07, 6.45) is 7.68. The van der Waals surface area contributed by atoms with E-state index in [2.05, 4.69) is 48.5 Å². The molecule has 0 bridgehead atoms. The Morgan fingerprint density at radius 3 is 2.05 bits per heavy atom. The van der Waals surface area contributed by atoms with Gasteiger partial charge >= 0.3 is 5.97 Å². The number of ether oxygens (including phenoxy) is 1. The molecule has 1 rings (SSSR count). The minimum atomic E-state index is -0.227. The highest BCUT2D eigenvalue weighted by Crippen LogP contribution is 2.40. The molecule has 1 unspecified atom stereocenters. The molecule has 0 amide bonds. The van der Waals surface area contributed by atoms with Crippen LogP contribution in [0.3, 0.4) is 0 Å². The molecule has 0 radical (unpaired) electrons. The summed E-state index contributed by atoms with van der Waals surface area (Å²) < 4.78 is 6.02. The Balaban J connectivity index is 2.81. The maximum Gasteiger partial charge on any atom is 0.310 e. The van der Waals surface area contributed by atoms with Crippen molar-refractivity contribution in [1.29, 1.82) is 0 Å². The zero-order valence-electron chi connectivity index (χ0n) is 15.3. The molecule has 0 aromatic heterocycles. The van der Waals surface area contributed by atoms with Gasteiger partial charge in [0.25, 0.3) is 0 Å². The summed E-state index contributed by atoms with van der Waals surface area (Å²) >= 11 is 0. The summed E-state index contributed by atoms with van der Waals surface area (Å²) in [6.45, 7) is 15.3. The van der Waals surface area contributed by atoms with Crippen LogP contribution in [0.15, 0.2) is 0 Å². The SMILES string of the molecule is CCC(C)(C)CC(C(=O)OC1(C)CCCCC1)C(C)(C)C. The lowest BCUT2D eigenvalue weighted by atomic mass is 9.70. The number of hydrogen-bond donors (Lipinski definition) is 0. The van der Waals surface area contributed by atoms with Gasteiger partial charge in [0.05, 0.1) is 5.92 Å². The van der Waals surface area contributed by atoms with E-state index in [1.165, 1.54) is 19.3 Å². The van der Waals surface area contributed by atoms with Crippen molar-refractivity contribution in [2.75, 3.05) is 0 Å². The summed E-state index contributed by atoms with van der Waals surface area (Å²) in [5.41, 5.74) is -0.0891. The van der Waals surface area contributed by atoms with Crippen molar-refractivity contribution in [1.82, 2.24) is 0 Å². The molecule has 0 aromatic carbocycles. The molecular formula is C19H36O2. The van der Waals surface area contributed by atoms with E-state index in [0.29, 0.717) is 0 Å². The molecule has 0 heterocycles. The molecular weight excluding hydrogens is 260 g/mol. The quantitative estimate of drug-likeness (QED) is 0.605. The number of carbonyl (C=O) groups excluding carboxylic acids is 1. The molecule has 0 aromatic rings. The van der Waals surface area contributed by atoms with Gasteiger partial charge in [-0.25, -0.2) is 0 Å². The second kappa shape index (κ2) is 6.71. The summed E-state index contributed by atoms with van der Waals surface area (Å²) in [4.78, 5) is 12.8. The van der Waals surface area contributed by atoms with Gasteiger partial charge in [-0.3, -0.25) is 4.79 Å². The van der Waals surface area contributed by atoms with Gasteiger partial charge < -0.3 is 4.74 Å². The molecule has 21 heavy (non-hydrogen) atoms. The van der Waals surface area contributed by atoms with Crippen molar-refractivity contribution in [3.05, 3.63) is 0 Å². The van der Waals surface area contributed by atoms with Crippen LogP contribution < -0.4 is 0 Å². The molecule has 0 saturated heterocycles. The summed E-state index contributed by atoms with van der Waals surface area (Å²) in [7, 11) is 0. The Morgan fingerprint density at radius 2 is 1.62 bits per heavy atom. The zero-order chi connectivity index (χ0) is 16.3. The van der Waals surface area contributed by atoms with Gasteiger partial charge in [0.2, 0.25) is 0 Å². The maximum atomic E-state index is 12.8. The molecule has 1 aliphatic rings. The minimum Gasteiger partial charge on any atom is -0.459 e. The van der Waals surface area contributed by atoms with E-state index in [4.69, 9.17) is 4.74 Å². The predicted octanol–water partition coefficient (Wildman–Crippen LogP) is 5.74. The van der Waals surface area contributed by atoms with Gasteiger partial charge in [-0.1, -0.05) is 54.4 Å². The van der Waals surface area contributed by atoms with Crippen molar-refractivity contribution in [3.8, 4) is 0 Å². The Labute approximate surface area is 132 Å². The van der Waals surface area contributed by atoms with E-state index in [0.717, 1.165) is 25.7 Å². The lowest BCUT2D eigenvalue weighted by molar-refractivity contribution is -0.171. The average Bonchev–Trinajstić information content (AvgIpc) is 2.35. The van der Waals surface area contributed by atoms with E-state index in [9.17, 15) is 4.79 Å². The maximum absolute atomic E-state index is 12.8. The molecule has 124 valence electrons. The Hall–Kier alpha value is -0.530. The van der Waals surface area contributed by atoms with Gasteiger partial charge in [-0.05, 0) is 49.9 Å². The molecule has 2 heteroatoms. The van der Waals surface area contributed by atoms with Gasteiger partial charge in [-0.2, -0.15) is 0 Å². The molecule has 0 aliphatic heterocycles. The molecule has 1 saturated carbocycles. The van der Waals surface area contributed by atoms with E-state index in [-0.39, 0.29) is 28.3 Å². The second-order valence-electron chi connectivity index (χ2n) is 9.07. The zero-order valence-corrected chi connectivity index (χ0v) is 15.3. The van der Waals surface area contributed by atoms with E-state index in [1.807, 2.05) is 0 Å². The van der Waals surface area contributed by atoms with Crippen LogP contribution in [-0.2, 0) is 9.53 Å². The number of rotatable bonds is 5. The first-order valence-electron chi connectivity index (χ1n) is 8.72. The Morgan fingerprint density at radius 1 is 1.10 bits per heavy atom. The molecule has 0 spiro atoms. The fourth-order valence-corrected chi connectivity index (χ4v) is 3.16. The normalized spacial score (nSPS) is 20.9. The van der Waals surface area contributed by atoms with Crippen molar-refractivity contribution in [2.24, 2.45) is 16.7 Å². The Bertz CT molecular complexity index is 343. The first-order chi connectivity index (χ1) is 9.49. The highest BCUT2D eigenvalue weighted by molar-refractivity contribution is 5.74. The lowest BCUT2D eigenvalue weighted by Crippen LogP contribution is -2.41. The first-order valence-corrected chi connectivity index (χ1v) is 8.72. The largest absolute Gasteiger partial charge is 0.459 e. The van der Waals surface area contributed by atoms with Crippen LogP contribution in [0.4, 0.5) is 0 Å². The van der Waals surface area contributed by atoms with E-state index < -0.39 is 0 Å². The molecule has 0 N–H and O–H groups in total. The van der Waals surface area contributed by atoms with Gasteiger partial charge in [-0.15, -0.1) is 0 Å². The predicted molar refractivity (Wildman–Crippen MR) is 89.2 cm³/mol. The number of hydrogen-bond acceptors (Lipinski definition) is 2. The molecule has 1 aliphatic carbocycles. The lowest BCUT2D eigenvalue weighted by Gasteiger charge is -2.39. The molecule has 2 nitrogen and oxygen atoms in total. The third-order valence-electron chi connectivity index (χ3n) is 5.30. The first kappa shape index (κ1) is 18.5. The summed E-state index contributed by atoms with van der Waals surface area (Å²) in [6, 6.07) is 0. The van der Waals surface area contributed by atoms with Crippen molar-refractivity contribution in [2.45, 2.75) is 99.0 Å². The van der Waals surface area contributed by atoms with Crippen LogP contribution in [0.2, 0.25) is 0 Å². The van der Waals surface area contributed by atoms with Gasteiger partial charge in [0.15, 0.2) is 0 Å². The topological polar surface area (TPSA) is 26.3 Å². The highest BCUT2D eigenvalue weighted by Gasteiger charge is 2.40. The van der Waals surface area contributed by atoms with Crippen molar-refractivity contribution in [3.63, 3.8) is 0 Å². The average molecular weight is 296 g/mol. The monoisotopic (exact) mass is 296 g/mol. The Kier molecular flexibility index (Phi) is 5.91. The van der Waals surface area contributed by atoms with Crippen LogP contribution in [0.5, 0.6) is 0 Å². The van der Waals surface area contributed by atoms with E-state index >= 15 is 0 Å². The number of esters is 1. The van der Waals surface area contributed by atoms with Crippen molar-refractivity contribution >= 4 is 5.97 Å². The van der Waals surface area contributed by atoms with E-state index in [1.54, 1.807) is 0 Å². The standard InChI is InChI=1S/C19H36O2/c1-8-18(5,6)14-15(17(2,3)4)16(20)21-19(7)12-10-9-11-13-19/h15H,8-14H2,1-7H3. The fraction of sp³-hybridized carbons (Fsp3) is 0.947. The fourth-order valence-electron chi connectivity index (χ4n) is 3.16. The van der Waals surface area contributed by atoms with Crippen LogP contribution in [-0.4, -0.2) is 11.6 Å².